The van der Waals surface area contributed by atoms with Gasteiger partial charge < -0.3 is 0 Å². The van der Waals surface area contributed by atoms with Crippen LogP contribution < -0.4 is 0 Å². The van der Waals surface area contributed by atoms with Gasteiger partial charge in [0.2, 0.25) is 0 Å². The molecule has 0 spiro atoms. The van der Waals surface area contributed by atoms with Gasteiger partial charge in [-0.1, -0.05) is 41.7 Å². The lowest BCUT2D eigenvalue weighted by Gasteiger charge is -1.97. The Morgan fingerprint density at radius 1 is 1.25 bits per heavy atom. The highest BCUT2D eigenvalue weighted by molar-refractivity contribution is 7.20. The minimum atomic E-state index is 0.670. The Morgan fingerprint density at radius 2 is 2.06 bits per heavy atom. The molecule has 0 aliphatic heterocycles. The van der Waals surface area contributed by atoms with E-state index in [0.29, 0.717) is 5.69 Å². The molecule has 0 aliphatic carbocycles. The first kappa shape index (κ1) is 9.30. The molecule has 3 aromatic rings. The molecule has 3 rings (SSSR count). The van der Waals surface area contributed by atoms with Crippen molar-refractivity contribution >= 4 is 22.6 Å². The highest BCUT2D eigenvalue weighted by Gasteiger charge is 2.12. The van der Waals surface area contributed by atoms with E-state index in [1.165, 1.54) is 11.3 Å². The maximum absolute atomic E-state index is 11.1. The number of carbonyl (C=O) groups is 1. The predicted molar refractivity (Wildman–Crippen MR) is 63.9 cm³/mol. The van der Waals surface area contributed by atoms with Crippen LogP contribution in [0.15, 0.2) is 42.7 Å². The molecule has 1 aromatic carbocycles. The summed E-state index contributed by atoms with van der Waals surface area (Å²) < 4.78 is 1.82. The average Bonchev–Trinajstić information content (AvgIpc) is 2.89. The quantitative estimate of drug-likeness (QED) is 0.632. The maximum Gasteiger partial charge on any atom is 0.194 e. The molecule has 2 aromatic heterocycles. The Labute approximate surface area is 96.0 Å². The van der Waals surface area contributed by atoms with E-state index in [4.69, 9.17) is 0 Å². The number of rotatable bonds is 2. The van der Waals surface area contributed by atoms with E-state index in [1.807, 2.05) is 40.9 Å². The number of nitrogens with zero attached hydrogens (tertiary/aromatic N) is 2. The van der Waals surface area contributed by atoms with Crippen LogP contribution in [0.5, 0.6) is 0 Å². The van der Waals surface area contributed by atoms with E-state index in [9.17, 15) is 4.79 Å². The predicted octanol–water partition coefficient (Wildman–Crippen LogP) is 2.88. The van der Waals surface area contributed by atoms with Gasteiger partial charge in [-0.3, -0.25) is 9.20 Å². The Morgan fingerprint density at radius 3 is 2.81 bits per heavy atom. The average molecular weight is 228 g/mol. The van der Waals surface area contributed by atoms with Crippen molar-refractivity contribution in [2.75, 3.05) is 0 Å². The number of aldehydes is 1. The van der Waals surface area contributed by atoms with E-state index >= 15 is 0 Å². The molecule has 0 aliphatic rings. The van der Waals surface area contributed by atoms with E-state index in [0.717, 1.165) is 21.7 Å². The van der Waals surface area contributed by atoms with Crippen LogP contribution in [-0.2, 0) is 0 Å². The molecular formula is C12H8N2OS. The largest absolute Gasteiger partial charge is 0.296 e. The third kappa shape index (κ3) is 1.27. The standard InChI is InChI=1S/C12H8N2OS/c15-8-10-11(9-4-2-1-3-5-9)16-12-13-6-7-14(10)12/h1-8H. The molecule has 0 saturated carbocycles. The van der Waals surface area contributed by atoms with Crippen molar-refractivity contribution in [2.45, 2.75) is 0 Å². The summed E-state index contributed by atoms with van der Waals surface area (Å²) in [6.45, 7) is 0. The molecule has 0 saturated heterocycles. The summed E-state index contributed by atoms with van der Waals surface area (Å²) in [7, 11) is 0. The van der Waals surface area contributed by atoms with Crippen molar-refractivity contribution in [1.29, 1.82) is 0 Å². The van der Waals surface area contributed by atoms with Crippen LogP contribution in [0.25, 0.3) is 15.4 Å². The van der Waals surface area contributed by atoms with Crippen LogP contribution in [0.3, 0.4) is 0 Å². The number of carbonyl (C=O) groups excluding carboxylic acids is 1. The Balaban J connectivity index is 2.31. The molecule has 16 heavy (non-hydrogen) atoms. The second-order valence-electron chi connectivity index (χ2n) is 3.38. The number of fused-ring (bicyclic) bond motifs is 1. The zero-order valence-electron chi connectivity index (χ0n) is 8.33. The van der Waals surface area contributed by atoms with Crippen LogP contribution in [0.4, 0.5) is 0 Å². The molecule has 2 heterocycles. The van der Waals surface area contributed by atoms with Gasteiger partial charge in [-0.25, -0.2) is 4.98 Å². The Kier molecular flexibility index (Phi) is 2.08. The second-order valence-corrected chi connectivity index (χ2v) is 4.36. The van der Waals surface area contributed by atoms with Gasteiger partial charge in [-0.2, -0.15) is 0 Å². The first-order chi connectivity index (χ1) is 7.90. The molecule has 0 fully saturated rings. The van der Waals surface area contributed by atoms with Gasteiger partial charge >= 0.3 is 0 Å². The highest BCUT2D eigenvalue weighted by atomic mass is 32.1. The molecule has 0 unspecified atom stereocenters. The van der Waals surface area contributed by atoms with Gasteiger partial charge in [0.1, 0.15) is 5.69 Å². The molecule has 3 nitrogen and oxygen atoms in total. The van der Waals surface area contributed by atoms with Crippen LogP contribution in [0, 0.1) is 0 Å². The zero-order chi connectivity index (χ0) is 11.0. The highest BCUT2D eigenvalue weighted by Crippen LogP contribution is 2.31. The number of hydrogen-bond donors (Lipinski definition) is 0. The molecule has 0 bridgehead atoms. The minimum absolute atomic E-state index is 0.670. The lowest BCUT2D eigenvalue weighted by Crippen LogP contribution is -1.88. The van der Waals surface area contributed by atoms with E-state index in [1.54, 1.807) is 6.20 Å². The molecule has 4 heteroatoms. The summed E-state index contributed by atoms with van der Waals surface area (Å²) in [6.07, 6.45) is 4.39. The Hall–Kier alpha value is -1.94. The van der Waals surface area contributed by atoms with E-state index in [2.05, 4.69) is 4.98 Å². The van der Waals surface area contributed by atoms with Gasteiger partial charge in [0.05, 0.1) is 4.88 Å². The smallest absolute Gasteiger partial charge is 0.194 e. The van der Waals surface area contributed by atoms with Crippen molar-refractivity contribution in [3.63, 3.8) is 0 Å². The summed E-state index contributed by atoms with van der Waals surface area (Å²) in [5.41, 5.74) is 1.73. The van der Waals surface area contributed by atoms with Crippen LogP contribution in [0.2, 0.25) is 0 Å². The molecule has 0 N–H and O–H groups in total. The monoisotopic (exact) mass is 228 g/mol. The lowest BCUT2D eigenvalue weighted by atomic mass is 10.2. The minimum Gasteiger partial charge on any atom is -0.296 e. The number of benzene rings is 1. The van der Waals surface area contributed by atoms with Crippen LogP contribution >= 0.6 is 11.3 Å². The first-order valence-electron chi connectivity index (χ1n) is 4.86. The summed E-state index contributed by atoms with van der Waals surface area (Å²) in [5, 5.41) is 0. The van der Waals surface area contributed by atoms with Gasteiger partial charge in [-0.05, 0) is 5.56 Å². The number of imidazole rings is 1. The summed E-state index contributed by atoms with van der Waals surface area (Å²) in [5.74, 6) is 0. The number of thiazole rings is 1. The Bertz CT molecular complexity index is 639. The molecule has 78 valence electrons. The summed E-state index contributed by atoms with van der Waals surface area (Å²) in [6, 6.07) is 9.89. The van der Waals surface area contributed by atoms with E-state index in [-0.39, 0.29) is 0 Å². The summed E-state index contributed by atoms with van der Waals surface area (Å²) in [4.78, 5) is 17.1. The summed E-state index contributed by atoms with van der Waals surface area (Å²) >= 11 is 1.53. The lowest BCUT2D eigenvalue weighted by molar-refractivity contribution is 0.111. The molecular weight excluding hydrogens is 220 g/mol. The van der Waals surface area contributed by atoms with Crippen LogP contribution in [0.1, 0.15) is 10.5 Å². The van der Waals surface area contributed by atoms with Gasteiger partial charge in [0.25, 0.3) is 0 Å². The third-order valence-electron chi connectivity index (χ3n) is 2.44. The van der Waals surface area contributed by atoms with E-state index < -0.39 is 0 Å². The fourth-order valence-corrected chi connectivity index (χ4v) is 2.77. The first-order valence-corrected chi connectivity index (χ1v) is 5.68. The second kappa shape index (κ2) is 3.57. The van der Waals surface area contributed by atoms with Crippen molar-refractivity contribution < 1.29 is 4.79 Å². The third-order valence-corrected chi connectivity index (χ3v) is 3.57. The van der Waals surface area contributed by atoms with Crippen molar-refractivity contribution in [3.8, 4) is 10.4 Å². The van der Waals surface area contributed by atoms with Gasteiger partial charge in [0.15, 0.2) is 11.2 Å². The fourth-order valence-electron chi connectivity index (χ4n) is 1.71. The van der Waals surface area contributed by atoms with Gasteiger partial charge in [-0.15, -0.1) is 0 Å². The maximum atomic E-state index is 11.1. The molecule has 0 amide bonds. The van der Waals surface area contributed by atoms with Gasteiger partial charge in [0, 0.05) is 12.4 Å². The van der Waals surface area contributed by atoms with Crippen molar-refractivity contribution in [1.82, 2.24) is 9.38 Å². The zero-order valence-corrected chi connectivity index (χ0v) is 9.15. The number of aromatic nitrogens is 2. The number of hydrogen-bond acceptors (Lipinski definition) is 3. The molecule has 0 atom stereocenters. The van der Waals surface area contributed by atoms with Crippen LogP contribution in [-0.4, -0.2) is 15.7 Å². The van der Waals surface area contributed by atoms with Crippen molar-refractivity contribution in [3.05, 3.63) is 48.4 Å². The topological polar surface area (TPSA) is 34.4 Å². The normalized spacial score (nSPS) is 10.8. The fraction of sp³-hybridized carbons (Fsp3) is 0. The molecule has 0 radical (unpaired) electrons. The van der Waals surface area contributed by atoms with Crippen molar-refractivity contribution in [2.24, 2.45) is 0 Å². The SMILES string of the molecule is O=Cc1c(-c2ccccc2)sc2nccn12.